The van der Waals surface area contributed by atoms with E-state index in [2.05, 4.69) is 9.97 Å². The maximum absolute atomic E-state index is 12.7. The highest BCUT2D eigenvalue weighted by atomic mass is 16.6. The summed E-state index contributed by atoms with van der Waals surface area (Å²) in [4.78, 5) is 33.8. The molecule has 0 aliphatic rings. The average Bonchev–Trinajstić information content (AvgIpc) is 2.57. The van der Waals surface area contributed by atoms with Crippen molar-refractivity contribution in [2.24, 2.45) is 0 Å². The third-order valence-electron chi connectivity index (χ3n) is 3.73. The van der Waals surface area contributed by atoms with Crippen LogP contribution in [-0.2, 0) is 24.5 Å². The standard InChI is InChI=1S/C17H20N2O4/c1-4-17(15(20)22-5-2,16(21)23-6-3)14-12-9-7-8-10-13(12)18-11-19-14/h7-11H,4-6H2,1-3H3. The number of hydrogen-bond donors (Lipinski definition) is 0. The molecule has 6 nitrogen and oxygen atoms in total. The van der Waals surface area contributed by atoms with Gasteiger partial charge < -0.3 is 9.47 Å². The summed E-state index contributed by atoms with van der Waals surface area (Å²) in [6, 6.07) is 7.23. The molecule has 1 aromatic carbocycles. The summed E-state index contributed by atoms with van der Waals surface area (Å²) in [6.45, 7) is 5.47. The summed E-state index contributed by atoms with van der Waals surface area (Å²) < 4.78 is 10.3. The van der Waals surface area contributed by atoms with Crippen molar-refractivity contribution in [3.05, 3.63) is 36.3 Å². The topological polar surface area (TPSA) is 78.4 Å². The van der Waals surface area contributed by atoms with Gasteiger partial charge in [0.2, 0.25) is 5.41 Å². The van der Waals surface area contributed by atoms with Crippen LogP contribution in [0.25, 0.3) is 10.9 Å². The predicted octanol–water partition coefficient (Wildman–Crippen LogP) is 2.40. The number of fused-ring (bicyclic) bond motifs is 1. The van der Waals surface area contributed by atoms with E-state index in [4.69, 9.17) is 9.47 Å². The van der Waals surface area contributed by atoms with Gasteiger partial charge in [0.1, 0.15) is 6.33 Å². The van der Waals surface area contributed by atoms with Gasteiger partial charge in [-0.2, -0.15) is 0 Å². The van der Waals surface area contributed by atoms with Crippen LogP contribution in [0.15, 0.2) is 30.6 Å². The van der Waals surface area contributed by atoms with Gasteiger partial charge in [-0.15, -0.1) is 0 Å². The summed E-state index contributed by atoms with van der Waals surface area (Å²) in [6.07, 6.45) is 1.53. The molecule has 0 saturated heterocycles. The van der Waals surface area contributed by atoms with Gasteiger partial charge in [-0.1, -0.05) is 25.1 Å². The molecular weight excluding hydrogens is 296 g/mol. The number of hydrogen-bond acceptors (Lipinski definition) is 6. The fraction of sp³-hybridized carbons (Fsp3) is 0.412. The van der Waals surface area contributed by atoms with Crippen molar-refractivity contribution in [1.29, 1.82) is 0 Å². The molecule has 6 heteroatoms. The van der Waals surface area contributed by atoms with E-state index in [1.807, 2.05) is 12.1 Å². The Balaban J connectivity index is 2.73. The van der Waals surface area contributed by atoms with Gasteiger partial charge in [-0.25, -0.2) is 9.97 Å². The van der Waals surface area contributed by atoms with Crippen LogP contribution < -0.4 is 0 Å². The monoisotopic (exact) mass is 316 g/mol. The second kappa shape index (κ2) is 7.17. The maximum Gasteiger partial charge on any atom is 0.329 e. The van der Waals surface area contributed by atoms with Crippen molar-refractivity contribution in [2.75, 3.05) is 13.2 Å². The van der Waals surface area contributed by atoms with E-state index in [1.54, 1.807) is 32.9 Å². The van der Waals surface area contributed by atoms with Crippen LogP contribution in [0.3, 0.4) is 0 Å². The van der Waals surface area contributed by atoms with Crippen molar-refractivity contribution < 1.29 is 19.1 Å². The Morgan fingerprint density at radius 2 is 1.61 bits per heavy atom. The van der Waals surface area contributed by atoms with Gasteiger partial charge in [0.25, 0.3) is 0 Å². The minimum atomic E-state index is -1.59. The van der Waals surface area contributed by atoms with Crippen molar-refractivity contribution in [2.45, 2.75) is 32.6 Å². The van der Waals surface area contributed by atoms with Gasteiger partial charge in [-0.05, 0) is 26.3 Å². The zero-order valence-corrected chi connectivity index (χ0v) is 13.5. The number of para-hydroxylation sites is 1. The lowest BCUT2D eigenvalue weighted by atomic mass is 9.79. The molecule has 0 aliphatic heterocycles. The second-order valence-electron chi connectivity index (χ2n) is 4.94. The summed E-state index contributed by atoms with van der Waals surface area (Å²) in [5.41, 5.74) is -0.611. The van der Waals surface area contributed by atoms with E-state index in [9.17, 15) is 9.59 Å². The molecule has 0 bridgehead atoms. The Bertz CT molecular complexity index is 691. The molecule has 0 N–H and O–H groups in total. The van der Waals surface area contributed by atoms with E-state index in [-0.39, 0.29) is 19.6 Å². The average molecular weight is 316 g/mol. The summed E-state index contributed by atoms with van der Waals surface area (Å²) in [7, 11) is 0. The summed E-state index contributed by atoms with van der Waals surface area (Å²) in [5, 5.41) is 0.637. The minimum Gasteiger partial charge on any atom is -0.465 e. The van der Waals surface area contributed by atoms with Crippen LogP contribution in [-0.4, -0.2) is 35.1 Å². The third-order valence-corrected chi connectivity index (χ3v) is 3.73. The lowest BCUT2D eigenvalue weighted by Gasteiger charge is -2.28. The molecule has 2 aromatic rings. The van der Waals surface area contributed by atoms with Crippen LogP contribution in [0.5, 0.6) is 0 Å². The Labute approximate surface area is 134 Å². The molecule has 2 rings (SSSR count). The van der Waals surface area contributed by atoms with Gasteiger partial charge >= 0.3 is 11.9 Å². The Kier molecular flexibility index (Phi) is 5.26. The predicted molar refractivity (Wildman–Crippen MR) is 84.8 cm³/mol. The summed E-state index contributed by atoms with van der Waals surface area (Å²) >= 11 is 0. The zero-order valence-electron chi connectivity index (χ0n) is 13.5. The van der Waals surface area contributed by atoms with E-state index in [1.165, 1.54) is 6.33 Å². The molecule has 23 heavy (non-hydrogen) atoms. The number of rotatable bonds is 6. The van der Waals surface area contributed by atoms with Crippen molar-refractivity contribution in [3.63, 3.8) is 0 Å². The molecule has 0 atom stereocenters. The molecular formula is C17H20N2O4. The van der Waals surface area contributed by atoms with Gasteiger partial charge in [0.15, 0.2) is 0 Å². The van der Waals surface area contributed by atoms with Crippen molar-refractivity contribution >= 4 is 22.8 Å². The van der Waals surface area contributed by atoms with Gasteiger partial charge in [0.05, 0.1) is 24.4 Å². The first-order chi connectivity index (χ1) is 11.1. The fourth-order valence-corrected chi connectivity index (χ4v) is 2.59. The highest BCUT2D eigenvalue weighted by Crippen LogP contribution is 2.34. The van der Waals surface area contributed by atoms with Crippen molar-refractivity contribution in [3.8, 4) is 0 Å². The Hall–Kier alpha value is -2.50. The minimum absolute atomic E-state index is 0.170. The van der Waals surface area contributed by atoms with Crippen molar-refractivity contribution in [1.82, 2.24) is 9.97 Å². The van der Waals surface area contributed by atoms with Crippen LogP contribution in [0, 0.1) is 0 Å². The number of aromatic nitrogens is 2. The number of carbonyl (C=O) groups excluding carboxylic acids is 2. The number of carbonyl (C=O) groups is 2. The third kappa shape index (κ3) is 2.88. The molecule has 0 amide bonds. The quantitative estimate of drug-likeness (QED) is 0.601. The Morgan fingerprint density at radius 1 is 1.00 bits per heavy atom. The molecule has 1 aromatic heterocycles. The fourth-order valence-electron chi connectivity index (χ4n) is 2.59. The molecule has 0 unspecified atom stereocenters. The second-order valence-corrected chi connectivity index (χ2v) is 4.94. The zero-order chi connectivity index (χ0) is 16.9. The number of esters is 2. The molecule has 0 saturated carbocycles. The highest BCUT2D eigenvalue weighted by Gasteiger charge is 2.51. The largest absolute Gasteiger partial charge is 0.465 e. The summed E-state index contributed by atoms with van der Waals surface area (Å²) in [5.74, 6) is -1.30. The molecule has 0 radical (unpaired) electrons. The molecule has 1 heterocycles. The van der Waals surface area contributed by atoms with E-state index >= 15 is 0 Å². The first kappa shape index (κ1) is 16.9. The SMILES string of the molecule is CCOC(=O)C(CC)(C(=O)OCC)c1ncnc2ccccc12. The maximum atomic E-state index is 12.7. The Morgan fingerprint density at radius 3 is 2.17 bits per heavy atom. The van der Waals surface area contributed by atoms with E-state index in [0.717, 1.165) is 0 Å². The smallest absolute Gasteiger partial charge is 0.329 e. The lowest BCUT2D eigenvalue weighted by molar-refractivity contribution is -0.165. The van der Waals surface area contributed by atoms with Crippen LogP contribution in [0.4, 0.5) is 0 Å². The lowest BCUT2D eigenvalue weighted by Crippen LogP contribution is -2.46. The molecule has 0 fully saturated rings. The van der Waals surface area contributed by atoms with E-state index in [0.29, 0.717) is 16.6 Å². The van der Waals surface area contributed by atoms with Crippen LogP contribution >= 0.6 is 0 Å². The van der Waals surface area contributed by atoms with Crippen LogP contribution in [0.2, 0.25) is 0 Å². The van der Waals surface area contributed by atoms with Crippen LogP contribution in [0.1, 0.15) is 32.9 Å². The van der Waals surface area contributed by atoms with E-state index < -0.39 is 17.4 Å². The molecule has 0 spiro atoms. The van der Waals surface area contributed by atoms with Gasteiger partial charge in [-0.3, -0.25) is 9.59 Å². The first-order valence-corrected chi connectivity index (χ1v) is 7.66. The number of ether oxygens (including phenoxy) is 2. The normalized spacial score (nSPS) is 11.3. The molecule has 122 valence electrons. The molecule has 0 aliphatic carbocycles. The number of benzene rings is 1. The number of nitrogens with zero attached hydrogens (tertiary/aromatic N) is 2. The first-order valence-electron chi connectivity index (χ1n) is 7.66. The highest BCUT2D eigenvalue weighted by molar-refractivity contribution is 6.08. The van der Waals surface area contributed by atoms with Gasteiger partial charge in [0, 0.05) is 5.39 Å².